The molecule has 0 spiro atoms. The monoisotopic (exact) mass is 310 g/mol. The third-order valence-corrected chi connectivity index (χ3v) is 3.35. The number of amidine groups is 1. The number of thioether (sulfide) groups is 1. The lowest BCUT2D eigenvalue weighted by molar-refractivity contribution is 1.46. The van der Waals surface area contributed by atoms with Gasteiger partial charge in [-0.3, -0.25) is 0 Å². The summed E-state index contributed by atoms with van der Waals surface area (Å²) >= 11 is 18.9. The van der Waals surface area contributed by atoms with Gasteiger partial charge in [0.25, 0.3) is 0 Å². The molecule has 0 heterocycles. The van der Waals surface area contributed by atoms with Crippen molar-refractivity contribution >= 4 is 63.4 Å². The summed E-state index contributed by atoms with van der Waals surface area (Å²) < 4.78 is 0. The highest BCUT2D eigenvalue weighted by Crippen LogP contribution is 2.34. The van der Waals surface area contributed by atoms with Gasteiger partial charge in [-0.15, -0.1) is 0 Å². The topological polar surface area (TPSA) is 76.8 Å². The molecule has 0 amide bonds. The maximum atomic E-state index is 5.87. The smallest absolute Gasteiger partial charge is 0.193 e. The number of hydrogen-bond acceptors (Lipinski definition) is 2. The molecule has 17 heavy (non-hydrogen) atoms. The Bertz CT molecular complexity index is 460. The van der Waals surface area contributed by atoms with E-state index in [4.69, 9.17) is 46.3 Å². The van der Waals surface area contributed by atoms with Crippen molar-refractivity contribution in [2.24, 2.45) is 21.5 Å². The van der Waals surface area contributed by atoms with Crippen LogP contribution in [0.1, 0.15) is 0 Å². The van der Waals surface area contributed by atoms with E-state index < -0.39 is 0 Å². The summed E-state index contributed by atoms with van der Waals surface area (Å²) in [4.78, 5) is 8.02. The van der Waals surface area contributed by atoms with Crippen LogP contribution in [0.2, 0.25) is 15.1 Å². The average molecular weight is 312 g/mol. The second-order valence-electron chi connectivity index (χ2n) is 2.86. The van der Waals surface area contributed by atoms with Crippen LogP contribution in [0.3, 0.4) is 0 Å². The zero-order valence-electron chi connectivity index (χ0n) is 8.75. The van der Waals surface area contributed by atoms with E-state index in [1.54, 1.807) is 18.4 Å². The summed E-state index contributed by atoms with van der Waals surface area (Å²) in [6.07, 6.45) is 1.80. The fourth-order valence-corrected chi connectivity index (χ4v) is 1.92. The molecule has 92 valence electrons. The Morgan fingerprint density at radius 2 is 1.71 bits per heavy atom. The van der Waals surface area contributed by atoms with Crippen LogP contribution in [0.25, 0.3) is 0 Å². The molecule has 1 aromatic rings. The Kier molecular flexibility index (Phi) is 5.39. The van der Waals surface area contributed by atoms with E-state index in [1.165, 1.54) is 11.8 Å². The van der Waals surface area contributed by atoms with Crippen molar-refractivity contribution in [3.8, 4) is 0 Å². The van der Waals surface area contributed by atoms with Gasteiger partial charge in [-0.25, -0.2) is 4.99 Å². The van der Waals surface area contributed by atoms with Crippen LogP contribution >= 0.6 is 46.6 Å². The van der Waals surface area contributed by atoms with Gasteiger partial charge < -0.3 is 11.5 Å². The summed E-state index contributed by atoms with van der Waals surface area (Å²) in [6, 6.07) is 3.16. The average Bonchev–Trinajstić information content (AvgIpc) is 2.24. The molecule has 0 aliphatic carbocycles. The van der Waals surface area contributed by atoms with E-state index in [0.29, 0.717) is 25.9 Å². The van der Waals surface area contributed by atoms with Gasteiger partial charge in [0.05, 0.1) is 20.8 Å². The first-order valence-corrected chi connectivity index (χ1v) is 6.66. The highest BCUT2D eigenvalue weighted by atomic mass is 35.5. The lowest BCUT2D eigenvalue weighted by atomic mass is 10.3. The maximum absolute atomic E-state index is 5.87. The lowest BCUT2D eigenvalue weighted by Crippen LogP contribution is -2.23. The molecule has 0 radical (unpaired) electrons. The van der Waals surface area contributed by atoms with Crippen LogP contribution in [0, 0.1) is 0 Å². The zero-order chi connectivity index (χ0) is 13.0. The molecule has 0 bridgehead atoms. The van der Waals surface area contributed by atoms with Crippen LogP contribution in [0.5, 0.6) is 0 Å². The summed E-state index contributed by atoms with van der Waals surface area (Å²) in [7, 11) is 0. The number of hydrogen-bond donors (Lipinski definition) is 2. The molecule has 0 fully saturated rings. The molecule has 0 aliphatic heterocycles. The van der Waals surface area contributed by atoms with Crippen molar-refractivity contribution in [3.05, 3.63) is 27.2 Å². The normalized spacial score (nSPS) is 11.4. The van der Waals surface area contributed by atoms with Gasteiger partial charge in [0.15, 0.2) is 11.1 Å². The van der Waals surface area contributed by atoms with Crippen molar-refractivity contribution in [1.82, 2.24) is 0 Å². The van der Waals surface area contributed by atoms with E-state index >= 15 is 0 Å². The molecular weight excluding hydrogens is 303 g/mol. The lowest BCUT2D eigenvalue weighted by Gasteiger charge is -2.02. The molecule has 0 saturated carbocycles. The number of nitrogens with zero attached hydrogens (tertiary/aromatic N) is 2. The summed E-state index contributed by atoms with van der Waals surface area (Å²) in [5.41, 5.74) is 11.1. The van der Waals surface area contributed by atoms with Gasteiger partial charge >= 0.3 is 0 Å². The predicted octanol–water partition coefficient (Wildman–Crippen LogP) is 3.27. The summed E-state index contributed by atoms with van der Waals surface area (Å²) in [5, 5.41) is 1.34. The largest absolute Gasteiger partial charge is 0.370 e. The van der Waals surface area contributed by atoms with Gasteiger partial charge in [0.1, 0.15) is 0 Å². The Labute approximate surface area is 118 Å². The van der Waals surface area contributed by atoms with Gasteiger partial charge in [-0.2, -0.15) is 4.99 Å². The molecule has 0 aromatic heterocycles. The molecule has 0 atom stereocenters. The second kappa shape index (κ2) is 6.35. The minimum Gasteiger partial charge on any atom is -0.370 e. The van der Waals surface area contributed by atoms with Crippen LogP contribution in [-0.2, 0) is 0 Å². The van der Waals surface area contributed by atoms with Gasteiger partial charge in [-0.1, -0.05) is 46.6 Å². The number of nitrogens with two attached hydrogens (primary N) is 2. The number of halogens is 3. The molecule has 0 saturated heterocycles. The number of guanidine groups is 1. The van der Waals surface area contributed by atoms with Crippen molar-refractivity contribution < 1.29 is 0 Å². The van der Waals surface area contributed by atoms with Crippen LogP contribution in [0.4, 0.5) is 5.69 Å². The van der Waals surface area contributed by atoms with E-state index in [9.17, 15) is 0 Å². The maximum Gasteiger partial charge on any atom is 0.193 e. The Hall–Kier alpha value is -0.620. The number of rotatable bonds is 1. The molecule has 1 aromatic carbocycles. The fourth-order valence-electron chi connectivity index (χ4n) is 0.944. The predicted molar refractivity (Wildman–Crippen MR) is 77.9 cm³/mol. The van der Waals surface area contributed by atoms with Crippen molar-refractivity contribution in [2.45, 2.75) is 0 Å². The molecule has 4 nitrogen and oxygen atoms in total. The van der Waals surface area contributed by atoms with Crippen molar-refractivity contribution in [2.75, 3.05) is 6.26 Å². The van der Waals surface area contributed by atoms with E-state index in [0.717, 1.165) is 0 Å². The molecule has 1 rings (SSSR count). The second-order valence-corrected chi connectivity index (χ2v) is 4.82. The van der Waals surface area contributed by atoms with E-state index in [2.05, 4.69) is 9.98 Å². The first-order valence-electron chi connectivity index (χ1n) is 4.31. The first-order chi connectivity index (χ1) is 7.93. The summed E-state index contributed by atoms with van der Waals surface area (Å²) in [6.45, 7) is 0. The molecular formula is C9H9Cl3N4S. The third-order valence-electron chi connectivity index (χ3n) is 1.60. The van der Waals surface area contributed by atoms with Gasteiger partial charge in [0.2, 0.25) is 0 Å². The first kappa shape index (κ1) is 14.4. The quantitative estimate of drug-likeness (QED) is 0.475. The minimum atomic E-state index is -0.0655. The van der Waals surface area contributed by atoms with Crippen molar-refractivity contribution in [1.29, 1.82) is 0 Å². The molecule has 0 aliphatic rings. The third kappa shape index (κ3) is 4.27. The Morgan fingerprint density at radius 1 is 1.18 bits per heavy atom. The highest BCUT2D eigenvalue weighted by molar-refractivity contribution is 8.13. The standard InChI is InChI=1S/C9H9Cl3N4S/c1-17-9(16-8(13)14)15-4-2-5(10)7(12)6(11)3-4/h2-3H,1H3,(H4,13,14,15,16). The molecule has 8 heteroatoms. The molecule has 4 N–H and O–H groups in total. The zero-order valence-corrected chi connectivity index (χ0v) is 11.8. The van der Waals surface area contributed by atoms with Gasteiger partial charge in [0, 0.05) is 0 Å². The van der Waals surface area contributed by atoms with E-state index in [1.807, 2.05) is 0 Å². The minimum absolute atomic E-state index is 0.0655. The van der Waals surface area contributed by atoms with Crippen LogP contribution in [-0.4, -0.2) is 17.4 Å². The molecule has 0 unspecified atom stereocenters. The Morgan fingerprint density at radius 3 is 2.12 bits per heavy atom. The Balaban J connectivity index is 3.17. The van der Waals surface area contributed by atoms with Crippen LogP contribution < -0.4 is 11.5 Å². The number of benzene rings is 1. The highest BCUT2D eigenvalue weighted by Gasteiger charge is 2.06. The van der Waals surface area contributed by atoms with Crippen LogP contribution in [0.15, 0.2) is 22.1 Å². The van der Waals surface area contributed by atoms with Crippen molar-refractivity contribution in [3.63, 3.8) is 0 Å². The van der Waals surface area contributed by atoms with E-state index in [-0.39, 0.29) is 5.96 Å². The fraction of sp³-hybridized carbons (Fsp3) is 0.111. The van der Waals surface area contributed by atoms with Gasteiger partial charge in [-0.05, 0) is 18.4 Å². The SMILES string of the molecule is CSC(N=C(N)N)=Nc1cc(Cl)c(Cl)c(Cl)c1. The summed E-state index contributed by atoms with van der Waals surface area (Å²) in [5.74, 6) is -0.0655. The number of aliphatic imine (C=N–C) groups is 2.